The molecule has 0 atom stereocenters. The minimum atomic E-state index is -0.119. The lowest BCUT2D eigenvalue weighted by Gasteiger charge is -2.17. The summed E-state index contributed by atoms with van der Waals surface area (Å²) in [6.45, 7) is 2.31. The van der Waals surface area contributed by atoms with Gasteiger partial charge < -0.3 is 10.6 Å². The van der Waals surface area contributed by atoms with Crippen molar-refractivity contribution in [3.05, 3.63) is 52.3 Å². The number of carbonyl (C=O) groups is 1. The summed E-state index contributed by atoms with van der Waals surface area (Å²) >= 11 is 6.15. The predicted molar refractivity (Wildman–Crippen MR) is 75.4 cm³/mol. The number of nitrogen functional groups attached to an aromatic ring is 1. The fourth-order valence-corrected chi connectivity index (χ4v) is 2.59. The maximum atomic E-state index is 12.5. The van der Waals surface area contributed by atoms with Crippen LogP contribution in [0.3, 0.4) is 0 Å². The molecule has 19 heavy (non-hydrogen) atoms. The number of hydrogen-bond donors (Lipinski definition) is 1. The number of halogens is 1. The number of aryl methyl sites for hydroxylation is 1. The minimum Gasteiger partial charge on any atom is -0.398 e. The summed E-state index contributed by atoms with van der Waals surface area (Å²) in [5.41, 5.74) is 9.25. The van der Waals surface area contributed by atoms with Crippen LogP contribution in [0.15, 0.2) is 30.5 Å². The van der Waals surface area contributed by atoms with Gasteiger partial charge in [0.1, 0.15) is 0 Å². The molecule has 2 heterocycles. The van der Waals surface area contributed by atoms with Crippen molar-refractivity contribution in [3.8, 4) is 0 Å². The lowest BCUT2D eigenvalue weighted by molar-refractivity contribution is 0.0997. The summed E-state index contributed by atoms with van der Waals surface area (Å²) in [5, 5.41) is 0.571. The first-order valence-electron chi connectivity index (χ1n) is 5.90. The number of aromatic nitrogens is 1. The predicted octanol–water partition coefficient (Wildman–Crippen LogP) is 2.79. The first kappa shape index (κ1) is 12.0. The maximum Gasteiger partial charge on any atom is 0.261 e. The molecule has 0 saturated carbocycles. The van der Waals surface area contributed by atoms with Gasteiger partial charge in [-0.3, -0.25) is 9.78 Å². The summed E-state index contributed by atoms with van der Waals surface area (Å²) in [6.07, 6.45) is 1.70. The number of carbonyl (C=O) groups excluding carboxylic acids is 1. The molecule has 0 radical (unpaired) electrons. The van der Waals surface area contributed by atoms with E-state index in [-0.39, 0.29) is 5.91 Å². The Morgan fingerprint density at radius 3 is 2.84 bits per heavy atom. The van der Waals surface area contributed by atoms with E-state index in [4.69, 9.17) is 17.3 Å². The van der Waals surface area contributed by atoms with Crippen LogP contribution < -0.4 is 10.6 Å². The Hall–Kier alpha value is -2.07. The average Bonchev–Trinajstić information content (AvgIpc) is 2.74. The van der Waals surface area contributed by atoms with Crippen LogP contribution in [0.4, 0.5) is 11.4 Å². The number of fused-ring (bicyclic) bond motifs is 1. The summed E-state index contributed by atoms with van der Waals surface area (Å²) < 4.78 is 0. The topological polar surface area (TPSA) is 59.2 Å². The van der Waals surface area contributed by atoms with Gasteiger partial charge in [-0.05, 0) is 31.2 Å². The van der Waals surface area contributed by atoms with E-state index in [1.54, 1.807) is 23.2 Å². The van der Waals surface area contributed by atoms with Gasteiger partial charge in [0.15, 0.2) is 0 Å². The lowest BCUT2D eigenvalue weighted by atomic mass is 10.1. The summed E-state index contributed by atoms with van der Waals surface area (Å²) in [5.74, 6) is -0.119. The zero-order valence-corrected chi connectivity index (χ0v) is 11.1. The molecule has 4 nitrogen and oxygen atoms in total. The van der Waals surface area contributed by atoms with E-state index in [0.717, 1.165) is 16.9 Å². The van der Waals surface area contributed by atoms with Gasteiger partial charge in [-0.1, -0.05) is 11.6 Å². The Bertz CT molecular complexity index is 684. The Kier molecular flexibility index (Phi) is 2.68. The van der Waals surface area contributed by atoms with Gasteiger partial charge in [0.2, 0.25) is 0 Å². The largest absolute Gasteiger partial charge is 0.398 e. The molecule has 1 aliphatic heterocycles. The van der Waals surface area contributed by atoms with Crippen LogP contribution in [-0.4, -0.2) is 10.9 Å². The first-order chi connectivity index (χ1) is 9.09. The molecule has 3 rings (SSSR count). The standard InChI is InChI=1S/C14H12ClN3O/c1-8-12(3-2-6-17-8)18-7-9-10(15)4-5-11(16)13(9)14(18)19/h2-6H,7,16H2,1H3. The number of amides is 1. The van der Waals surface area contributed by atoms with Gasteiger partial charge in [0.05, 0.1) is 23.5 Å². The van der Waals surface area contributed by atoms with Crippen molar-refractivity contribution in [3.63, 3.8) is 0 Å². The van der Waals surface area contributed by atoms with Gasteiger partial charge in [-0.15, -0.1) is 0 Å². The Labute approximate surface area is 115 Å². The van der Waals surface area contributed by atoms with E-state index < -0.39 is 0 Å². The number of rotatable bonds is 1. The van der Waals surface area contributed by atoms with Crippen molar-refractivity contribution < 1.29 is 4.79 Å². The molecule has 2 N–H and O–H groups in total. The molecule has 2 aromatic rings. The van der Waals surface area contributed by atoms with Crippen molar-refractivity contribution in [2.75, 3.05) is 10.6 Å². The van der Waals surface area contributed by atoms with Gasteiger partial charge in [0.25, 0.3) is 5.91 Å². The highest BCUT2D eigenvalue weighted by atomic mass is 35.5. The average molecular weight is 274 g/mol. The second-order valence-electron chi connectivity index (χ2n) is 4.49. The molecule has 1 aliphatic rings. The molecule has 5 heteroatoms. The van der Waals surface area contributed by atoms with E-state index in [0.29, 0.717) is 22.8 Å². The molecule has 96 valence electrons. The highest BCUT2D eigenvalue weighted by Crippen LogP contribution is 2.36. The van der Waals surface area contributed by atoms with Crippen LogP contribution in [0.1, 0.15) is 21.6 Å². The van der Waals surface area contributed by atoms with Crippen molar-refractivity contribution >= 4 is 28.9 Å². The van der Waals surface area contributed by atoms with Crippen LogP contribution in [0.5, 0.6) is 0 Å². The van der Waals surface area contributed by atoms with Crippen LogP contribution in [-0.2, 0) is 6.54 Å². The molecule has 1 aromatic heterocycles. The van der Waals surface area contributed by atoms with Crippen LogP contribution in [0.2, 0.25) is 5.02 Å². The van der Waals surface area contributed by atoms with Gasteiger partial charge in [-0.2, -0.15) is 0 Å². The molecule has 0 spiro atoms. The quantitative estimate of drug-likeness (QED) is 0.813. The number of nitrogens with two attached hydrogens (primary N) is 1. The molecule has 1 amide bonds. The third kappa shape index (κ3) is 1.76. The van der Waals surface area contributed by atoms with E-state index in [1.807, 2.05) is 19.1 Å². The van der Waals surface area contributed by atoms with Crippen molar-refractivity contribution in [2.24, 2.45) is 0 Å². The van der Waals surface area contributed by atoms with Crippen LogP contribution in [0.25, 0.3) is 0 Å². The summed E-state index contributed by atoms with van der Waals surface area (Å²) in [7, 11) is 0. The van der Waals surface area contributed by atoms with Crippen LogP contribution in [0, 0.1) is 6.92 Å². The maximum absolute atomic E-state index is 12.5. The number of nitrogens with zero attached hydrogens (tertiary/aromatic N) is 2. The van der Waals surface area contributed by atoms with Crippen molar-refractivity contribution in [1.82, 2.24) is 4.98 Å². The number of benzene rings is 1. The highest BCUT2D eigenvalue weighted by molar-refractivity contribution is 6.33. The summed E-state index contributed by atoms with van der Waals surface area (Å²) in [4.78, 5) is 18.4. The highest BCUT2D eigenvalue weighted by Gasteiger charge is 2.32. The molecular formula is C14H12ClN3O. The molecule has 0 bridgehead atoms. The van der Waals surface area contributed by atoms with Gasteiger partial charge in [0, 0.05) is 22.5 Å². The van der Waals surface area contributed by atoms with E-state index in [1.165, 1.54) is 0 Å². The summed E-state index contributed by atoms with van der Waals surface area (Å²) in [6, 6.07) is 7.07. The van der Waals surface area contributed by atoms with E-state index >= 15 is 0 Å². The van der Waals surface area contributed by atoms with Crippen molar-refractivity contribution in [1.29, 1.82) is 0 Å². The molecule has 0 saturated heterocycles. The minimum absolute atomic E-state index is 0.119. The van der Waals surface area contributed by atoms with Gasteiger partial charge in [-0.25, -0.2) is 0 Å². The lowest BCUT2D eigenvalue weighted by Crippen LogP contribution is -2.24. The fourth-order valence-electron chi connectivity index (χ4n) is 2.37. The Morgan fingerprint density at radius 1 is 1.37 bits per heavy atom. The third-order valence-corrected chi connectivity index (χ3v) is 3.69. The molecule has 0 fully saturated rings. The number of hydrogen-bond acceptors (Lipinski definition) is 3. The molecule has 0 aliphatic carbocycles. The van der Waals surface area contributed by atoms with Crippen molar-refractivity contribution in [2.45, 2.75) is 13.5 Å². The molecule has 0 unspecified atom stereocenters. The van der Waals surface area contributed by atoms with Crippen LogP contribution >= 0.6 is 11.6 Å². The zero-order valence-electron chi connectivity index (χ0n) is 10.4. The Balaban J connectivity index is 2.12. The third-order valence-electron chi connectivity index (χ3n) is 3.33. The normalized spacial score (nSPS) is 13.8. The molecule has 1 aromatic carbocycles. The smallest absolute Gasteiger partial charge is 0.261 e. The fraction of sp³-hybridized carbons (Fsp3) is 0.143. The number of anilines is 2. The first-order valence-corrected chi connectivity index (χ1v) is 6.27. The molecular weight excluding hydrogens is 262 g/mol. The van der Waals surface area contributed by atoms with Gasteiger partial charge >= 0.3 is 0 Å². The second kappa shape index (κ2) is 4.24. The monoisotopic (exact) mass is 273 g/mol. The second-order valence-corrected chi connectivity index (χ2v) is 4.90. The van der Waals surface area contributed by atoms with E-state index in [9.17, 15) is 4.79 Å². The zero-order chi connectivity index (χ0) is 13.6. The number of pyridine rings is 1. The van der Waals surface area contributed by atoms with E-state index in [2.05, 4.69) is 4.98 Å². The Morgan fingerprint density at radius 2 is 2.16 bits per heavy atom. The SMILES string of the molecule is Cc1ncccc1N1Cc2c(Cl)ccc(N)c2C1=O.